The maximum atomic E-state index is 9.86. The zero-order valence-electron chi connectivity index (χ0n) is 4.90. The van der Waals surface area contributed by atoms with Crippen LogP contribution in [0.25, 0.3) is 0 Å². The molecule has 0 aliphatic rings. The van der Waals surface area contributed by atoms with Crippen LogP contribution >= 0.6 is 0 Å². The molecule has 0 aliphatic heterocycles. The van der Waals surface area contributed by atoms with Crippen LogP contribution in [0, 0.1) is 0 Å². The van der Waals surface area contributed by atoms with Crippen molar-refractivity contribution in [1.29, 1.82) is 0 Å². The number of hydrogen-bond donors (Lipinski definition) is 2. The summed E-state index contributed by atoms with van der Waals surface area (Å²) in [6.45, 7) is 1.52. The van der Waals surface area contributed by atoms with Crippen molar-refractivity contribution in [2.45, 2.75) is 6.92 Å². The van der Waals surface area contributed by atoms with Gasteiger partial charge in [-0.25, -0.2) is 4.79 Å². The van der Waals surface area contributed by atoms with Crippen molar-refractivity contribution < 1.29 is 15.1 Å². The van der Waals surface area contributed by atoms with E-state index in [1.54, 1.807) is 0 Å². The van der Waals surface area contributed by atoms with Crippen molar-refractivity contribution in [1.82, 2.24) is 0 Å². The lowest BCUT2D eigenvalue weighted by atomic mass is 10.3. The minimum atomic E-state index is -1.05. The minimum absolute atomic E-state index is 0.394. The molecule has 0 spiro atoms. The first-order valence-electron chi connectivity index (χ1n) is 2.25. The summed E-state index contributed by atoms with van der Waals surface area (Å²) in [6.07, 6.45) is 1.99. The Morgan fingerprint density at radius 3 is 2.56 bits per heavy atom. The number of hydrogen-bond acceptors (Lipinski definition) is 3. The van der Waals surface area contributed by atoms with Crippen LogP contribution in [0.2, 0.25) is 0 Å². The van der Waals surface area contributed by atoms with Gasteiger partial charge in [0.1, 0.15) is 0 Å². The standard InChI is InChI=1S/C5H7NO3/c1-4(3-6-9)2-5(7)8/h2-3,9H,1H3,(H,7,8). The Morgan fingerprint density at radius 2 is 2.22 bits per heavy atom. The largest absolute Gasteiger partial charge is 0.478 e. The predicted molar refractivity (Wildman–Crippen MR) is 31.7 cm³/mol. The second kappa shape index (κ2) is 3.65. The highest BCUT2D eigenvalue weighted by Gasteiger charge is 1.88. The number of carboxylic acids is 1. The molecule has 0 rings (SSSR count). The molecule has 0 aromatic rings. The van der Waals surface area contributed by atoms with E-state index in [2.05, 4.69) is 5.16 Å². The SMILES string of the molecule is CC(C=NO)=CC(=O)O. The number of carbonyl (C=O) groups is 1. The van der Waals surface area contributed by atoms with E-state index in [1.165, 1.54) is 6.92 Å². The van der Waals surface area contributed by atoms with Gasteiger partial charge in [0.15, 0.2) is 0 Å². The van der Waals surface area contributed by atoms with Crippen molar-refractivity contribution in [3.8, 4) is 0 Å². The van der Waals surface area contributed by atoms with Gasteiger partial charge in [0, 0.05) is 6.08 Å². The molecule has 4 heteroatoms. The second-order valence-electron chi connectivity index (χ2n) is 1.47. The lowest BCUT2D eigenvalue weighted by Crippen LogP contribution is -1.90. The van der Waals surface area contributed by atoms with E-state index in [9.17, 15) is 4.79 Å². The normalized spacial score (nSPS) is 12.3. The van der Waals surface area contributed by atoms with E-state index in [0.29, 0.717) is 5.57 Å². The van der Waals surface area contributed by atoms with Gasteiger partial charge in [0.25, 0.3) is 0 Å². The summed E-state index contributed by atoms with van der Waals surface area (Å²) in [5.74, 6) is -1.05. The third kappa shape index (κ3) is 4.53. The molecule has 0 aromatic heterocycles. The van der Waals surface area contributed by atoms with Crippen LogP contribution in [0.4, 0.5) is 0 Å². The topological polar surface area (TPSA) is 69.9 Å². The zero-order valence-corrected chi connectivity index (χ0v) is 4.90. The van der Waals surface area contributed by atoms with Crippen LogP contribution in [0.3, 0.4) is 0 Å². The maximum absolute atomic E-state index is 9.86. The summed E-state index contributed by atoms with van der Waals surface area (Å²) in [5, 5.41) is 18.6. The molecule has 0 atom stereocenters. The van der Waals surface area contributed by atoms with Crippen LogP contribution in [-0.4, -0.2) is 22.5 Å². The molecule has 0 aromatic carbocycles. The quantitative estimate of drug-likeness (QED) is 0.246. The first-order valence-corrected chi connectivity index (χ1v) is 2.25. The monoisotopic (exact) mass is 129 g/mol. The third-order valence-corrected chi connectivity index (χ3v) is 0.613. The molecule has 9 heavy (non-hydrogen) atoms. The molecule has 0 saturated heterocycles. The van der Waals surface area contributed by atoms with E-state index in [1.807, 2.05) is 0 Å². The molecule has 0 aliphatic carbocycles. The second-order valence-corrected chi connectivity index (χ2v) is 1.47. The number of nitrogens with zero attached hydrogens (tertiary/aromatic N) is 1. The Kier molecular flexibility index (Phi) is 3.12. The Morgan fingerprint density at radius 1 is 1.67 bits per heavy atom. The Labute approximate surface area is 52.1 Å². The Balaban J connectivity index is 4.00. The molecule has 0 bridgehead atoms. The molecule has 4 nitrogen and oxygen atoms in total. The highest BCUT2D eigenvalue weighted by atomic mass is 16.4. The molecule has 0 heterocycles. The van der Waals surface area contributed by atoms with Crippen LogP contribution in [0.15, 0.2) is 16.8 Å². The maximum Gasteiger partial charge on any atom is 0.328 e. The van der Waals surface area contributed by atoms with Crippen molar-refractivity contribution in [3.05, 3.63) is 11.6 Å². The average molecular weight is 129 g/mol. The molecule has 2 N–H and O–H groups in total. The van der Waals surface area contributed by atoms with E-state index in [-0.39, 0.29) is 0 Å². The summed E-state index contributed by atoms with van der Waals surface area (Å²) >= 11 is 0. The smallest absolute Gasteiger partial charge is 0.328 e. The molecule has 0 unspecified atom stereocenters. The van der Waals surface area contributed by atoms with Gasteiger partial charge in [-0.3, -0.25) is 0 Å². The molecule has 0 radical (unpaired) electrons. The van der Waals surface area contributed by atoms with Gasteiger partial charge in [-0.05, 0) is 12.5 Å². The highest BCUT2D eigenvalue weighted by Crippen LogP contribution is 1.85. The van der Waals surface area contributed by atoms with E-state index >= 15 is 0 Å². The number of aliphatic carboxylic acids is 1. The molecule has 0 amide bonds. The van der Waals surface area contributed by atoms with E-state index in [4.69, 9.17) is 10.3 Å². The fraction of sp³-hybridized carbons (Fsp3) is 0.200. The zero-order chi connectivity index (χ0) is 7.28. The Hall–Kier alpha value is -1.32. The van der Waals surface area contributed by atoms with Gasteiger partial charge in [-0.2, -0.15) is 0 Å². The molecular formula is C5H7NO3. The van der Waals surface area contributed by atoms with Crippen molar-refractivity contribution in [2.24, 2.45) is 5.16 Å². The summed E-state index contributed by atoms with van der Waals surface area (Å²) in [7, 11) is 0. The van der Waals surface area contributed by atoms with Crippen LogP contribution in [-0.2, 0) is 4.79 Å². The third-order valence-electron chi connectivity index (χ3n) is 0.613. The van der Waals surface area contributed by atoms with Crippen molar-refractivity contribution in [2.75, 3.05) is 0 Å². The van der Waals surface area contributed by atoms with Gasteiger partial charge < -0.3 is 10.3 Å². The summed E-state index contributed by atoms with van der Waals surface area (Å²) in [6, 6.07) is 0. The number of carboxylic acid groups (broad SMARTS) is 1. The van der Waals surface area contributed by atoms with Crippen molar-refractivity contribution in [3.63, 3.8) is 0 Å². The Bertz CT molecular complexity index is 160. The number of rotatable bonds is 2. The van der Waals surface area contributed by atoms with E-state index < -0.39 is 5.97 Å². The van der Waals surface area contributed by atoms with Gasteiger partial charge in [0.2, 0.25) is 0 Å². The van der Waals surface area contributed by atoms with Crippen molar-refractivity contribution >= 4 is 12.2 Å². The summed E-state index contributed by atoms with van der Waals surface area (Å²) in [4.78, 5) is 9.86. The molecule has 50 valence electrons. The van der Waals surface area contributed by atoms with E-state index in [0.717, 1.165) is 12.3 Å². The van der Waals surface area contributed by atoms with Gasteiger partial charge in [-0.1, -0.05) is 5.16 Å². The van der Waals surface area contributed by atoms with Gasteiger partial charge in [-0.15, -0.1) is 0 Å². The van der Waals surface area contributed by atoms with Crippen LogP contribution < -0.4 is 0 Å². The lowest BCUT2D eigenvalue weighted by Gasteiger charge is -1.82. The summed E-state index contributed by atoms with van der Waals surface area (Å²) in [5.41, 5.74) is 0.394. The predicted octanol–water partition coefficient (Wildman–Crippen LogP) is 0.477. The first kappa shape index (κ1) is 7.68. The first-order chi connectivity index (χ1) is 4.16. The average Bonchev–Trinajstić information content (AvgIpc) is 1.63. The fourth-order valence-electron chi connectivity index (χ4n) is 0.323. The van der Waals surface area contributed by atoms with Crippen LogP contribution in [0.5, 0.6) is 0 Å². The van der Waals surface area contributed by atoms with Crippen LogP contribution in [0.1, 0.15) is 6.92 Å². The molecule has 0 fully saturated rings. The molecular weight excluding hydrogens is 122 g/mol. The van der Waals surface area contributed by atoms with Gasteiger partial charge in [0.05, 0.1) is 6.21 Å². The summed E-state index contributed by atoms with van der Waals surface area (Å²) < 4.78 is 0. The lowest BCUT2D eigenvalue weighted by molar-refractivity contribution is -0.131. The molecule has 0 saturated carbocycles. The highest BCUT2D eigenvalue weighted by molar-refractivity contribution is 5.89. The van der Waals surface area contributed by atoms with Gasteiger partial charge >= 0.3 is 5.97 Å². The minimum Gasteiger partial charge on any atom is -0.478 e. The number of allylic oxidation sites excluding steroid dienone is 1. The fourth-order valence-corrected chi connectivity index (χ4v) is 0.323. The number of oxime groups is 1.